The predicted octanol–water partition coefficient (Wildman–Crippen LogP) is 1.95. The monoisotopic (exact) mass is 136 g/mol. The van der Waals surface area contributed by atoms with Crippen molar-refractivity contribution < 1.29 is 4.79 Å². The van der Waals surface area contributed by atoms with Crippen LogP contribution in [0.25, 0.3) is 0 Å². The predicted molar refractivity (Wildman–Crippen MR) is 41.6 cm³/mol. The van der Waals surface area contributed by atoms with Gasteiger partial charge in [0.05, 0.1) is 0 Å². The Morgan fingerprint density at radius 1 is 1.30 bits per heavy atom. The summed E-state index contributed by atoms with van der Waals surface area (Å²) in [4.78, 5) is 10.4. The van der Waals surface area contributed by atoms with Gasteiger partial charge in [-0.3, -0.25) is 0 Å². The zero-order valence-electron chi connectivity index (χ0n) is 5.99. The lowest BCUT2D eigenvalue weighted by atomic mass is 9.84. The zero-order chi connectivity index (χ0) is 7.40. The van der Waals surface area contributed by atoms with Crippen LogP contribution in [0.2, 0.25) is 0 Å². The molecule has 1 nitrogen and oxygen atoms in total. The second kappa shape index (κ2) is 3.35. The van der Waals surface area contributed by atoms with E-state index in [9.17, 15) is 4.79 Å². The second-order valence-corrected chi connectivity index (χ2v) is 2.64. The first-order valence-corrected chi connectivity index (χ1v) is 3.61. The maximum atomic E-state index is 10.4. The Kier molecular flexibility index (Phi) is 2.43. The van der Waals surface area contributed by atoms with E-state index in [-0.39, 0.29) is 5.92 Å². The third-order valence-corrected chi connectivity index (χ3v) is 2.01. The quantitative estimate of drug-likeness (QED) is 0.419. The van der Waals surface area contributed by atoms with E-state index < -0.39 is 0 Å². The lowest BCUT2D eigenvalue weighted by Crippen LogP contribution is -2.15. The van der Waals surface area contributed by atoms with Gasteiger partial charge in [0.25, 0.3) is 0 Å². The average molecular weight is 136 g/mol. The van der Waals surface area contributed by atoms with E-state index in [1.54, 1.807) is 0 Å². The molecule has 0 unspecified atom stereocenters. The largest absolute Gasteiger partial charge is 0.303 e. The zero-order valence-corrected chi connectivity index (χ0v) is 5.99. The molecule has 0 heterocycles. The third kappa shape index (κ3) is 1.35. The molecule has 0 aromatic carbocycles. The summed E-state index contributed by atoms with van der Waals surface area (Å²) in [5, 5.41) is 0. The van der Waals surface area contributed by atoms with Gasteiger partial charge in [-0.2, -0.15) is 0 Å². The van der Waals surface area contributed by atoms with E-state index in [2.05, 4.69) is 18.7 Å². The van der Waals surface area contributed by atoms with Crippen molar-refractivity contribution in [3.63, 3.8) is 0 Å². The third-order valence-electron chi connectivity index (χ3n) is 2.01. The van der Waals surface area contributed by atoms with Crippen LogP contribution in [0.4, 0.5) is 0 Å². The van der Waals surface area contributed by atoms with Gasteiger partial charge >= 0.3 is 0 Å². The number of hydrogen-bond acceptors (Lipinski definition) is 1. The smallest absolute Gasteiger partial charge is 0.123 e. The lowest BCUT2D eigenvalue weighted by Gasteiger charge is -2.19. The van der Waals surface area contributed by atoms with Crippen LogP contribution in [-0.4, -0.2) is 6.29 Å². The molecule has 1 aliphatic carbocycles. The molecular weight excluding hydrogens is 124 g/mol. The fourth-order valence-electron chi connectivity index (χ4n) is 1.28. The van der Waals surface area contributed by atoms with Gasteiger partial charge in [-0.05, 0) is 18.8 Å². The van der Waals surface area contributed by atoms with Crippen LogP contribution in [0.3, 0.4) is 0 Å². The van der Waals surface area contributed by atoms with Crippen molar-refractivity contribution in [2.75, 3.05) is 0 Å². The maximum Gasteiger partial charge on any atom is 0.123 e. The highest BCUT2D eigenvalue weighted by atomic mass is 16.1. The first-order chi connectivity index (χ1) is 4.88. The molecular formula is C9H12O. The molecule has 0 aromatic heterocycles. The standard InChI is InChI=1S/C9H12O/c1-2-8-5-3-4-6-9(8)7-10/h2-4,7-9H,1,5-6H2/t8-,9+/m0/s1. The van der Waals surface area contributed by atoms with Crippen LogP contribution in [0.1, 0.15) is 12.8 Å². The molecule has 0 saturated carbocycles. The van der Waals surface area contributed by atoms with Crippen LogP contribution in [0, 0.1) is 11.8 Å². The van der Waals surface area contributed by atoms with Gasteiger partial charge in [-0.25, -0.2) is 0 Å². The molecule has 0 amide bonds. The molecule has 1 aliphatic rings. The number of hydrogen-bond donors (Lipinski definition) is 0. The molecule has 1 heteroatoms. The highest BCUT2D eigenvalue weighted by Gasteiger charge is 2.17. The van der Waals surface area contributed by atoms with Gasteiger partial charge in [0.15, 0.2) is 0 Å². The first-order valence-electron chi connectivity index (χ1n) is 3.61. The van der Waals surface area contributed by atoms with Crippen molar-refractivity contribution in [2.24, 2.45) is 11.8 Å². The SMILES string of the molecule is C=C[C@H]1CC=CC[C@@H]1C=O. The number of carbonyl (C=O) groups excluding carboxylic acids is 1. The molecule has 54 valence electrons. The van der Waals surface area contributed by atoms with Crippen LogP contribution in [0.15, 0.2) is 24.8 Å². The van der Waals surface area contributed by atoms with Crippen LogP contribution >= 0.6 is 0 Å². The molecule has 10 heavy (non-hydrogen) atoms. The van der Waals surface area contributed by atoms with E-state index in [0.29, 0.717) is 5.92 Å². The summed E-state index contributed by atoms with van der Waals surface area (Å²) in [5.74, 6) is 0.560. The number of aldehydes is 1. The summed E-state index contributed by atoms with van der Waals surface area (Å²) in [7, 11) is 0. The molecule has 0 radical (unpaired) electrons. The summed E-state index contributed by atoms with van der Waals surface area (Å²) in [6.45, 7) is 3.69. The number of rotatable bonds is 2. The van der Waals surface area contributed by atoms with E-state index in [1.807, 2.05) is 6.08 Å². The maximum absolute atomic E-state index is 10.4. The van der Waals surface area contributed by atoms with Crippen molar-refractivity contribution in [3.05, 3.63) is 24.8 Å². The van der Waals surface area contributed by atoms with Gasteiger partial charge < -0.3 is 4.79 Å². The van der Waals surface area contributed by atoms with E-state index >= 15 is 0 Å². The van der Waals surface area contributed by atoms with E-state index in [4.69, 9.17) is 0 Å². The van der Waals surface area contributed by atoms with E-state index in [0.717, 1.165) is 19.1 Å². The average Bonchev–Trinajstić information content (AvgIpc) is 2.04. The lowest BCUT2D eigenvalue weighted by molar-refractivity contribution is -0.112. The molecule has 0 fully saturated rings. The number of carbonyl (C=O) groups is 1. The van der Waals surface area contributed by atoms with Crippen LogP contribution in [0.5, 0.6) is 0 Å². The minimum absolute atomic E-state index is 0.183. The van der Waals surface area contributed by atoms with Crippen molar-refractivity contribution in [2.45, 2.75) is 12.8 Å². The molecule has 1 rings (SSSR count). The van der Waals surface area contributed by atoms with Crippen LogP contribution < -0.4 is 0 Å². The Morgan fingerprint density at radius 3 is 2.30 bits per heavy atom. The Bertz CT molecular complexity index is 140. The molecule has 2 atom stereocenters. The Hall–Kier alpha value is -0.850. The molecule has 0 aromatic rings. The fraction of sp³-hybridized carbons (Fsp3) is 0.444. The van der Waals surface area contributed by atoms with Gasteiger partial charge in [0, 0.05) is 5.92 Å². The molecule has 0 N–H and O–H groups in total. The van der Waals surface area contributed by atoms with Crippen molar-refractivity contribution in [1.29, 1.82) is 0 Å². The summed E-state index contributed by atoms with van der Waals surface area (Å²) >= 11 is 0. The van der Waals surface area contributed by atoms with Gasteiger partial charge in [0.2, 0.25) is 0 Å². The van der Waals surface area contributed by atoms with Crippen molar-refractivity contribution in [3.8, 4) is 0 Å². The molecule has 0 aliphatic heterocycles. The minimum atomic E-state index is 0.183. The minimum Gasteiger partial charge on any atom is -0.303 e. The van der Waals surface area contributed by atoms with Crippen LogP contribution in [-0.2, 0) is 4.79 Å². The van der Waals surface area contributed by atoms with Gasteiger partial charge in [0.1, 0.15) is 6.29 Å². The molecule has 0 spiro atoms. The fourth-order valence-corrected chi connectivity index (χ4v) is 1.28. The van der Waals surface area contributed by atoms with Crippen molar-refractivity contribution in [1.82, 2.24) is 0 Å². The normalized spacial score (nSPS) is 31.6. The Balaban J connectivity index is 2.61. The van der Waals surface area contributed by atoms with Gasteiger partial charge in [-0.15, -0.1) is 6.58 Å². The highest BCUT2D eigenvalue weighted by molar-refractivity contribution is 5.55. The summed E-state index contributed by atoms with van der Waals surface area (Å²) < 4.78 is 0. The molecule has 0 saturated heterocycles. The van der Waals surface area contributed by atoms with Gasteiger partial charge in [-0.1, -0.05) is 18.2 Å². The Labute approximate surface area is 61.4 Å². The first kappa shape index (κ1) is 7.26. The summed E-state index contributed by atoms with van der Waals surface area (Å²) in [5.41, 5.74) is 0. The van der Waals surface area contributed by atoms with Crippen molar-refractivity contribution >= 4 is 6.29 Å². The van der Waals surface area contributed by atoms with E-state index in [1.165, 1.54) is 0 Å². The highest BCUT2D eigenvalue weighted by Crippen LogP contribution is 2.23. The Morgan fingerprint density at radius 2 is 1.90 bits per heavy atom. The molecule has 0 bridgehead atoms. The summed E-state index contributed by atoms with van der Waals surface area (Å²) in [6, 6.07) is 0. The topological polar surface area (TPSA) is 17.1 Å². The number of allylic oxidation sites excluding steroid dienone is 3. The second-order valence-electron chi connectivity index (χ2n) is 2.64. The summed E-state index contributed by atoms with van der Waals surface area (Å²) in [6.07, 6.45) is 8.97.